The van der Waals surface area contributed by atoms with Crippen molar-refractivity contribution in [1.29, 1.82) is 0 Å². The molecule has 1 unspecified atom stereocenters. The van der Waals surface area contributed by atoms with Gasteiger partial charge in [0.2, 0.25) is 0 Å². The number of amides is 1. The molecule has 2 aliphatic rings. The molecule has 4 heterocycles. The lowest BCUT2D eigenvalue weighted by Crippen LogP contribution is -2.54. The smallest absolute Gasteiger partial charge is 0.335 e. The minimum absolute atomic E-state index is 0.149. The first-order chi connectivity index (χ1) is 14.4. The molecule has 1 aromatic carbocycles. The van der Waals surface area contributed by atoms with Crippen molar-refractivity contribution in [2.24, 2.45) is 11.1 Å². The van der Waals surface area contributed by atoms with Gasteiger partial charge in [0, 0.05) is 49.2 Å². The van der Waals surface area contributed by atoms with Gasteiger partial charge < -0.3 is 21.2 Å². The van der Waals surface area contributed by atoms with E-state index in [-0.39, 0.29) is 16.9 Å². The summed E-state index contributed by atoms with van der Waals surface area (Å²) < 4.78 is 1.92. The lowest BCUT2D eigenvalue weighted by Gasteiger charge is -2.41. The van der Waals surface area contributed by atoms with Gasteiger partial charge in [-0.3, -0.25) is 19.2 Å². The van der Waals surface area contributed by atoms with Crippen molar-refractivity contribution in [2.45, 2.75) is 12.8 Å². The average Bonchev–Trinajstić information content (AvgIpc) is 3.32. The number of fused-ring (bicyclic) bond motifs is 3. The van der Waals surface area contributed by atoms with Crippen LogP contribution in [0.4, 0.5) is 0 Å². The molecular weight excluding hydrogens is 386 g/mol. The van der Waals surface area contributed by atoms with E-state index in [1.165, 1.54) is 6.20 Å². The Kier molecular flexibility index (Phi) is 4.04. The van der Waals surface area contributed by atoms with Crippen LogP contribution in [0.1, 0.15) is 33.6 Å². The summed E-state index contributed by atoms with van der Waals surface area (Å²) in [6.45, 7) is 2.44. The highest BCUT2D eigenvalue weighted by Crippen LogP contribution is 2.36. The van der Waals surface area contributed by atoms with Crippen LogP contribution in [0.5, 0.6) is 0 Å². The summed E-state index contributed by atoms with van der Waals surface area (Å²) in [5.74, 6) is -1.38. The maximum absolute atomic E-state index is 12.7. The minimum atomic E-state index is -1.03. The lowest BCUT2D eigenvalue weighted by atomic mass is 9.78. The van der Waals surface area contributed by atoms with Crippen molar-refractivity contribution in [3.05, 3.63) is 41.7 Å². The number of carbonyl (C=O) groups excluding carboxylic acids is 2. The topological polar surface area (TPSA) is 131 Å². The van der Waals surface area contributed by atoms with Crippen LogP contribution in [0.2, 0.25) is 0 Å². The summed E-state index contributed by atoms with van der Waals surface area (Å²) in [5.41, 5.74) is 6.94. The summed E-state index contributed by atoms with van der Waals surface area (Å²) in [5, 5.41) is 16.1. The number of ketones is 1. The standard InChI is InChI=1S/C21H21N5O4/c22-19(28)15-9-24-8-14-13-7-12(20(29)30)1-2-16(13)26(18(14)15)25-6-3-17(27)21(11-25)4-5-23-10-21/h1-2,7-9,23H,3-6,10-11H2,(H2,22,28)(H,29,30). The largest absolute Gasteiger partial charge is 0.478 e. The average molecular weight is 407 g/mol. The highest BCUT2D eigenvalue weighted by Gasteiger charge is 2.45. The lowest BCUT2D eigenvalue weighted by molar-refractivity contribution is -0.128. The van der Waals surface area contributed by atoms with Crippen LogP contribution in [0.15, 0.2) is 30.6 Å². The van der Waals surface area contributed by atoms with Gasteiger partial charge in [-0.1, -0.05) is 0 Å². The van der Waals surface area contributed by atoms with Crippen molar-refractivity contribution >= 4 is 39.5 Å². The zero-order chi connectivity index (χ0) is 21.0. The van der Waals surface area contributed by atoms with Crippen LogP contribution in [0.25, 0.3) is 21.8 Å². The number of aromatic nitrogens is 2. The third kappa shape index (κ3) is 2.58. The van der Waals surface area contributed by atoms with E-state index in [9.17, 15) is 19.5 Å². The second-order valence-corrected chi connectivity index (χ2v) is 8.06. The third-order valence-corrected chi connectivity index (χ3v) is 6.36. The fraction of sp³-hybridized carbons (Fsp3) is 0.333. The number of pyridine rings is 1. The molecule has 5 rings (SSSR count). The van der Waals surface area contributed by atoms with Crippen LogP contribution in [0, 0.1) is 5.41 Å². The van der Waals surface area contributed by atoms with Gasteiger partial charge in [-0.2, -0.15) is 0 Å². The molecule has 3 aromatic rings. The molecule has 0 saturated carbocycles. The molecule has 2 aliphatic heterocycles. The highest BCUT2D eigenvalue weighted by atomic mass is 16.4. The van der Waals surface area contributed by atoms with Gasteiger partial charge in [-0.15, -0.1) is 0 Å². The molecule has 0 bridgehead atoms. The molecule has 2 aromatic heterocycles. The molecule has 0 aliphatic carbocycles. The van der Waals surface area contributed by atoms with Gasteiger partial charge in [-0.25, -0.2) is 4.79 Å². The zero-order valence-electron chi connectivity index (χ0n) is 16.2. The van der Waals surface area contributed by atoms with Crippen LogP contribution in [0.3, 0.4) is 0 Å². The minimum Gasteiger partial charge on any atom is -0.478 e. The number of Topliss-reactive ketones (excluding diaryl/α,β-unsaturated/α-hetero) is 1. The van der Waals surface area contributed by atoms with Gasteiger partial charge in [0.15, 0.2) is 0 Å². The SMILES string of the molecule is NC(=O)c1cncc2c3cc(C(=O)O)ccc3n(N3CCC(=O)C4(CCNC4)C3)c12. The van der Waals surface area contributed by atoms with E-state index in [0.29, 0.717) is 42.3 Å². The van der Waals surface area contributed by atoms with Crippen molar-refractivity contribution in [1.82, 2.24) is 15.0 Å². The fourth-order valence-corrected chi connectivity index (χ4v) is 4.84. The first-order valence-corrected chi connectivity index (χ1v) is 9.86. The Morgan fingerprint density at radius 3 is 2.77 bits per heavy atom. The Morgan fingerprint density at radius 1 is 1.23 bits per heavy atom. The van der Waals surface area contributed by atoms with E-state index in [1.807, 2.05) is 4.68 Å². The predicted molar refractivity (Wildman–Crippen MR) is 110 cm³/mol. The first kappa shape index (κ1) is 18.6. The number of aromatic carboxylic acids is 1. The molecule has 154 valence electrons. The van der Waals surface area contributed by atoms with Gasteiger partial charge >= 0.3 is 5.97 Å². The van der Waals surface area contributed by atoms with E-state index < -0.39 is 17.3 Å². The molecule has 0 radical (unpaired) electrons. The Hall–Kier alpha value is -3.46. The second kappa shape index (κ2) is 6.53. The number of piperidine rings is 1. The number of rotatable bonds is 3. The summed E-state index contributed by atoms with van der Waals surface area (Å²) in [4.78, 5) is 40.6. The molecule has 2 fully saturated rings. The molecule has 2 saturated heterocycles. The molecule has 1 amide bonds. The van der Waals surface area contributed by atoms with Crippen LogP contribution < -0.4 is 16.1 Å². The number of nitrogens with two attached hydrogens (primary N) is 1. The van der Waals surface area contributed by atoms with Gasteiger partial charge in [0.05, 0.1) is 27.6 Å². The maximum Gasteiger partial charge on any atom is 0.335 e. The molecule has 30 heavy (non-hydrogen) atoms. The summed E-state index contributed by atoms with van der Waals surface area (Å²) in [6.07, 6.45) is 4.23. The highest BCUT2D eigenvalue weighted by molar-refractivity contribution is 6.16. The number of nitrogens with one attached hydrogen (secondary N) is 1. The van der Waals surface area contributed by atoms with E-state index in [2.05, 4.69) is 15.3 Å². The van der Waals surface area contributed by atoms with Gasteiger partial charge in [0.25, 0.3) is 5.91 Å². The summed E-state index contributed by atoms with van der Waals surface area (Å²) in [7, 11) is 0. The Morgan fingerprint density at radius 2 is 2.07 bits per heavy atom. The predicted octanol–water partition coefficient (Wildman–Crippen LogP) is 0.877. The van der Waals surface area contributed by atoms with E-state index in [4.69, 9.17) is 5.73 Å². The number of nitrogens with zero attached hydrogens (tertiary/aromatic N) is 3. The number of carboxylic acid groups (broad SMARTS) is 1. The number of hydrogen-bond acceptors (Lipinski definition) is 6. The first-order valence-electron chi connectivity index (χ1n) is 9.86. The van der Waals surface area contributed by atoms with Crippen LogP contribution >= 0.6 is 0 Å². The number of primary amides is 1. The molecule has 9 nitrogen and oxygen atoms in total. The number of hydrogen-bond donors (Lipinski definition) is 3. The van der Waals surface area contributed by atoms with Crippen molar-refractivity contribution < 1.29 is 19.5 Å². The van der Waals surface area contributed by atoms with Crippen molar-refractivity contribution in [3.8, 4) is 0 Å². The van der Waals surface area contributed by atoms with Gasteiger partial charge in [0.1, 0.15) is 5.78 Å². The molecule has 4 N–H and O–H groups in total. The second-order valence-electron chi connectivity index (χ2n) is 8.06. The quantitative estimate of drug-likeness (QED) is 0.587. The van der Waals surface area contributed by atoms with E-state index >= 15 is 0 Å². The third-order valence-electron chi connectivity index (χ3n) is 6.36. The summed E-state index contributed by atoms with van der Waals surface area (Å²) in [6, 6.07) is 4.86. The Balaban J connectivity index is 1.78. The number of carbonyl (C=O) groups is 3. The van der Waals surface area contributed by atoms with Crippen LogP contribution in [-0.2, 0) is 4.79 Å². The van der Waals surface area contributed by atoms with Crippen molar-refractivity contribution in [3.63, 3.8) is 0 Å². The number of carboxylic acids is 1. The van der Waals surface area contributed by atoms with E-state index in [1.54, 1.807) is 24.4 Å². The molecule has 1 atom stereocenters. The molecule has 1 spiro atoms. The fourth-order valence-electron chi connectivity index (χ4n) is 4.84. The summed E-state index contributed by atoms with van der Waals surface area (Å²) >= 11 is 0. The molecule has 9 heteroatoms. The Labute approximate surface area is 171 Å². The van der Waals surface area contributed by atoms with Crippen molar-refractivity contribution in [2.75, 3.05) is 31.2 Å². The Bertz CT molecular complexity index is 1230. The number of benzene rings is 1. The maximum atomic E-state index is 12.7. The van der Waals surface area contributed by atoms with E-state index in [0.717, 1.165) is 18.5 Å². The zero-order valence-corrected chi connectivity index (χ0v) is 16.2. The van der Waals surface area contributed by atoms with Gasteiger partial charge in [-0.05, 0) is 31.2 Å². The monoisotopic (exact) mass is 407 g/mol. The van der Waals surface area contributed by atoms with Crippen LogP contribution in [-0.4, -0.2) is 58.6 Å². The molecular formula is C21H21N5O4. The normalized spacial score (nSPS) is 21.7.